The minimum atomic E-state index is -0.923. The molecule has 3 aliphatic heterocycles. The van der Waals surface area contributed by atoms with Gasteiger partial charge in [-0.1, -0.05) is 13.0 Å². The predicted octanol–water partition coefficient (Wildman–Crippen LogP) is 0.662. The standard InChI is InChI=1S/C21H26N4O4/c1-2-22-14-7-9-24(10-8-14)12-13-3-4-15-16(11-13)21(29)25(20(15)28)17-5-6-18(26)23-19(17)27/h3-4,11,14,17,22H,2,5-10,12H2,1H3,(H,23,26,27). The van der Waals surface area contributed by atoms with Crippen LogP contribution in [-0.4, -0.2) is 65.1 Å². The summed E-state index contributed by atoms with van der Waals surface area (Å²) < 4.78 is 0. The lowest BCUT2D eigenvalue weighted by Crippen LogP contribution is -2.54. The molecule has 2 saturated heterocycles. The number of carbonyl (C=O) groups excluding carboxylic acids is 4. The van der Waals surface area contributed by atoms with Gasteiger partial charge in [-0.15, -0.1) is 0 Å². The van der Waals surface area contributed by atoms with Crippen molar-refractivity contribution in [2.75, 3.05) is 19.6 Å². The van der Waals surface area contributed by atoms with Gasteiger partial charge < -0.3 is 5.32 Å². The second kappa shape index (κ2) is 8.04. The van der Waals surface area contributed by atoms with Gasteiger partial charge in [0.1, 0.15) is 6.04 Å². The maximum absolute atomic E-state index is 12.9. The molecule has 8 heteroatoms. The van der Waals surface area contributed by atoms with Crippen LogP contribution in [-0.2, 0) is 16.1 Å². The van der Waals surface area contributed by atoms with Crippen molar-refractivity contribution in [3.05, 3.63) is 34.9 Å². The summed E-state index contributed by atoms with van der Waals surface area (Å²) in [5, 5.41) is 5.70. The summed E-state index contributed by atoms with van der Waals surface area (Å²) >= 11 is 0. The van der Waals surface area contributed by atoms with Gasteiger partial charge in [0.2, 0.25) is 11.8 Å². The Morgan fingerprint density at radius 3 is 2.45 bits per heavy atom. The third kappa shape index (κ3) is 3.82. The quantitative estimate of drug-likeness (QED) is 0.707. The van der Waals surface area contributed by atoms with Crippen LogP contribution in [0, 0.1) is 0 Å². The summed E-state index contributed by atoms with van der Waals surface area (Å²) in [4.78, 5) is 52.6. The Hall–Kier alpha value is -2.58. The van der Waals surface area contributed by atoms with Crippen molar-refractivity contribution >= 4 is 23.6 Å². The molecule has 4 amide bonds. The number of nitrogens with one attached hydrogen (secondary N) is 2. The maximum atomic E-state index is 12.9. The van der Waals surface area contributed by atoms with E-state index in [2.05, 4.69) is 22.5 Å². The highest BCUT2D eigenvalue weighted by atomic mass is 16.2. The number of fused-ring (bicyclic) bond motifs is 1. The number of carbonyl (C=O) groups is 4. The molecule has 154 valence electrons. The molecule has 0 aliphatic carbocycles. The van der Waals surface area contributed by atoms with Crippen LogP contribution in [0.5, 0.6) is 0 Å². The molecule has 8 nitrogen and oxygen atoms in total. The molecule has 0 saturated carbocycles. The number of nitrogens with zero attached hydrogens (tertiary/aromatic N) is 2. The molecular weight excluding hydrogens is 372 g/mol. The first kappa shape index (κ1) is 19.7. The van der Waals surface area contributed by atoms with Gasteiger partial charge in [-0.25, -0.2) is 0 Å². The number of rotatable bonds is 5. The largest absolute Gasteiger partial charge is 0.314 e. The highest BCUT2D eigenvalue weighted by molar-refractivity contribution is 6.23. The summed E-state index contributed by atoms with van der Waals surface area (Å²) in [6.07, 6.45) is 2.49. The smallest absolute Gasteiger partial charge is 0.262 e. The van der Waals surface area contributed by atoms with E-state index in [1.54, 1.807) is 12.1 Å². The Balaban J connectivity index is 1.46. The molecule has 0 bridgehead atoms. The lowest BCUT2D eigenvalue weighted by atomic mass is 10.0. The van der Waals surface area contributed by atoms with Crippen molar-refractivity contribution in [3.63, 3.8) is 0 Å². The van der Waals surface area contributed by atoms with E-state index in [-0.39, 0.29) is 18.7 Å². The first-order chi connectivity index (χ1) is 14.0. The Morgan fingerprint density at radius 2 is 1.76 bits per heavy atom. The number of amides is 4. The lowest BCUT2D eigenvalue weighted by molar-refractivity contribution is -0.136. The second-order valence-corrected chi connectivity index (χ2v) is 7.94. The molecule has 0 radical (unpaired) electrons. The molecule has 2 fully saturated rings. The van der Waals surface area contributed by atoms with Gasteiger partial charge in [0, 0.05) is 19.0 Å². The van der Waals surface area contributed by atoms with E-state index in [0.717, 1.165) is 49.5 Å². The van der Waals surface area contributed by atoms with Crippen LogP contribution in [0.1, 0.15) is 58.9 Å². The van der Waals surface area contributed by atoms with Gasteiger partial charge in [0.05, 0.1) is 11.1 Å². The van der Waals surface area contributed by atoms with E-state index in [4.69, 9.17) is 0 Å². The van der Waals surface area contributed by atoms with Crippen LogP contribution in [0.2, 0.25) is 0 Å². The van der Waals surface area contributed by atoms with E-state index >= 15 is 0 Å². The van der Waals surface area contributed by atoms with Crippen molar-refractivity contribution in [1.29, 1.82) is 0 Å². The van der Waals surface area contributed by atoms with E-state index < -0.39 is 23.8 Å². The summed E-state index contributed by atoms with van der Waals surface area (Å²) in [7, 11) is 0. The van der Waals surface area contributed by atoms with E-state index in [1.807, 2.05) is 6.07 Å². The molecule has 3 heterocycles. The van der Waals surface area contributed by atoms with Crippen LogP contribution < -0.4 is 10.6 Å². The third-order valence-electron chi connectivity index (χ3n) is 5.99. The Morgan fingerprint density at radius 1 is 1.03 bits per heavy atom. The van der Waals surface area contributed by atoms with Crippen LogP contribution in [0.4, 0.5) is 0 Å². The zero-order valence-electron chi connectivity index (χ0n) is 16.6. The zero-order chi connectivity index (χ0) is 20.5. The number of hydrogen-bond acceptors (Lipinski definition) is 6. The molecule has 1 aromatic carbocycles. The lowest BCUT2D eigenvalue weighted by Gasteiger charge is -2.32. The average molecular weight is 398 g/mol. The van der Waals surface area contributed by atoms with Crippen molar-refractivity contribution in [3.8, 4) is 0 Å². The van der Waals surface area contributed by atoms with E-state index in [9.17, 15) is 19.2 Å². The van der Waals surface area contributed by atoms with Gasteiger partial charge in [0.25, 0.3) is 11.8 Å². The van der Waals surface area contributed by atoms with E-state index in [1.165, 1.54) is 0 Å². The van der Waals surface area contributed by atoms with Crippen molar-refractivity contribution in [2.45, 2.75) is 51.2 Å². The summed E-state index contributed by atoms with van der Waals surface area (Å²) in [6, 6.07) is 4.99. The van der Waals surface area contributed by atoms with E-state index in [0.29, 0.717) is 17.2 Å². The molecule has 0 aromatic heterocycles. The number of piperidine rings is 2. The normalized spacial score (nSPS) is 23.5. The van der Waals surface area contributed by atoms with Crippen LogP contribution in [0.3, 0.4) is 0 Å². The second-order valence-electron chi connectivity index (χ2n) is 7.94. The van der Waals surface area contributed by atoms with Gasteiger partial charge in [-0.2, -0.15) is 0 Å². The molecule has 3 aliphatic rings. The number of imide groups is 2. The summed E-state index contributed by atoms with van der Waals surface area (Å²) in [6.45, 7) is 5.81. The van der Waals surface area contributed by atoms with Crippen molar-refractivity contribution in [1.82, 2.24) is 20.4 Å². The SMILES string of the molecule is CCNC1CCN(Cc2ccc3c(c2)C(=O)N(C2CCC(=O)NC2=O)C3=O)CC1. The molecule has 1 aromatic rings. The molecule has 1 unspecified atom stereocenters. The highest BCUT2D eigenvalue weighted by Gasteiger charge is 2.44. The number of benzene rings is 1. The van der Waals surface area contributed by atoms with Crippen molar-refractivity contribution < 1.29 is 19.2 Å². The fourth-order valence-corrected chi connectivity index (χ4v) is 4.46. The summed E-state index contributed by atoms with van der Waals surface area (Å²) in [5.74, 6) is -1.87. The molecule has 2 N–H and O–H groups in total. The first-order valence-electron chi connectivity index (χ1n) is 10.3. The molecule has 0 spiro atoms. The first-order valence-corrected chi connectivity index (χ1v) is 10.3. The minimum Gasteiger partial charge on any atom is -0.314 e. The molecule has 1 atom stereocenters. The van der Waals surface area contributed by atoms with Crippen molar-refractivity contribution in [2.24, 2.45) is 0 Å². The third-order valence-corrected chi connectivity index (χ3v) is 5.99. The molecule has 29 heavy (non-hydrogen) atoms. The monoisotopic (exact) mass is 398 g/mol. The average Bonchev–Trinajstić information content (AvgIpc) is 2.94. The van der Waals surface area contributed by atoms with Crippen LogP contribution >= 0.6 is 0 Å². The highest BCUT2D eigenvalue weighted by Crippen LogP contribution is 2.29. The Labute approximate surface area is 169 Å². The van der Waals surface area contributed by atoms with Gasteiger partial charge >= 0.3 is 0 Å². The van der Waals surface area contributed by atoms with Crippen LogP contribution in [0.15, 0.2) is 18.2 Å². The zero-order valence-corrected chi connectivity index (χ0v) is 16.6. The van der Waals surface area contributed by atoms with Crippen LogP contribution in [0.25, 0.3) is 0 Å². The summed E-state index contributed by atoms with van der Waals surface area (Å²) in [5.41, 5.74) is 1.66. The molecule has 4 rings (SSSR count). The van der Waals surface area contributed by atoms with Gasteiger partial charge in [-0.3, -0.25) is 34.3 Å². The Kier molecular flexibility index (Phi) is 5.47. The van der Waals surface area contributed by atoms with Gasteiger partial charge in [-0.05, 0) is 56.6 Å². The number of likely N-dealkylation sites (tertiary alicyclic amines) is 1. The topological polar surface area (TPSA) is 98.8 Å². The van der Waals surface area contributed by atoms with Gasteiger partial charge in [0.15, 0.2) is 0 Å². The predicted molar refractivity (Wildman–Crippen MR) is 105 cm³/mol. The number of hydrogen-bond donors (Lipinski definition) is 2. The maximum Gasteiger partial charge on any atom is 0.262 e. The fourth-order valence-electron chi connectivity index (χ4n) is 4.46. The molecular formula is C21H26N4O4. The Bertz CT molecular complexity index is 860. The fraction of sp³-hybridized carbons (Fsp3) is 0.524. The minimum absolute atomic E-state index is 0.123.